The third kappa shape index (κ3) is 4.39. The monoisotopic (exact) mass is 283 g/mol. The zero-order chi connectivity index (χ0) is 15.2. The predicted octanol–water partition coefficient (Wildman–Crippen LogP) is 3.06. The van der Waals surface area contributed by atoms with E-state index < -0.39 is 6.04 Å². The van der Waals surface area contributed by atoms with Crippen LogP contribution < -0.4 is 11.1 Å². The van der Waals surface area contributed by atoms with Gasteiger partial charge in [-0.25, -0.2) is 0 Å². The van der Waals surface area contributed by atoms with Crippen molar-refractivity contribution in [3.63, 3.8) is 0 Å². The van der Waals surface area contributed by atoms with E-state index in [1.807, 2.05) is 36.4 Å². The molecule has 0 radical (unpaired) electrons. The number of nitrogens with one attached hydrogen (secondary N) is 1. The largest absolute Gasteiger partial charge is 0.325 e. The molecule has 1 aromatic carbocycles. The van der Waals surface area contributed by atoms with E-state index in [2.05, 4.69) is 24.1 Å². The summed E-state index contributed by atoms with van der Waals surface area (Å²) >= 11 is 0. The van der Waals surface area contributed by atoms with Crippen molar-refractivity contribution < 1.29 is 4.79 Å². The summed E-state index contributed by atoms with van der Waals surface area (Å²) in [7, 11) is 0. The summed E-state index contributed by atoms with van der Waals surface area (Å²) in [6, 6.07) is 11.1. The zero-order valence-electron chi connectivity index (χ0n) is 12.4. The van der Waals surface area contributed by atoms with Crippen molar-refractivity contribution in [2.24, 2.45) is 11.7 Å². The first kappa shape index (κ1) is 15.2. The first-order valence-electron chi connectivity index (χ1n) is 7.13. The van der Waals surface area contributed by atoms with Gasteiger partial charge in [0.05, 0.1) is 6.04 Å². The standard InChI is InChI=1S/C17H21N3O/c1-12(2)11-16(18)17(21)20-15-5-3-13(4-6-15)14-7-9-19-10-8-14/h3-10,12,16H,11,18H2,1-2H3,(H,20,21). The van der Waals surface area contributed by atoms with Gasteiger partial charge in [0, 0.05) is 18.1 Å². The first-order valence-corrected chi connectivity index (χ1v) is 7.13. The van der Waals surface area contributed by atoms with Crippen LogP contribution in [-0.2, 0) is 4.79 Å². The number of anilines is 1. The minimum Gasteiger partial charge on any atom is -0.325 e. The fourth-order valence-electron chi connectivity index (χ4n) is 2.14. The number of rotatable bonds is 5. The van der Waals surface area contributed by atoms with Crippen LogP contribution in [0.1, 0.15) is 20.3 Å². The number of hydrogen-bond donors (Lipinski definition) is 2. The van der Waals surface area contributed by atoms with Gasteiger partial charge in [-0.05, 0) is 47.7 Å². The molecule has 2 aromatic rings. The molecule has 0 saturated heterocycles. The van der Waals surface area contributed by atoms with Crippen LogP contribution in [0, 0.1) is 5.92 Å². The topological polar surface area (TPSA) is 68.0 Å². The molecule has 1 atom stereocenters. The lowest BCUT2D eigenvalue weighted by Crippen LogP contribution is -2.36. The Labute approximate surface area is 125 Å². The van der Waals surface area contributed by atoms with Crippen LogP contribution in [0.2, 0.25) is 0 Å². The van der Waals surface area contributed by atoms with E-state index in [0.717, 1.165) is 16.8 Å². The number of nitrogens with two attached hydrogens (primary N) is 1. The smallest absolute Gasteiger partial charge is 0.241 e. The van der Waals surface area contributed by atoms with Crippen molar-refractivity contribution in [2.75, 3.05) is 5.32 Å². The lowest BCUT2D eigenvalue weighted by molar-refractivity contribution is -0.117. The molecular weight excluding hydrogens is 262 g/mol. The molecule has 0 spiro atoms. The second-order valence-electron chi connectivity index (χ2n) is 5.54. The van der Waals surface area contributed by atoms with Gasteiger partial charge in [-0.3, -0.25) is 9.78 Å². The van der Waals surface area contributed by atoms with Crippen LogP contribution in [0.15, 0.2) is 48.8 Å². The summed E-state index contributed by atoms with van der Waals surface area (Å²) in [5.41, 5.74) is 8.81. The SMILES string of the molecule is CC(C)CC(N)C(=O)Nc1ccc(-c2ccncc2)cc1. The van der Waals surface area contributed by atoms with E-state index in [1.165, 1.54) is 0 Å². The Morgan fingerprint density at radius 2 is 1.67 bits per heavy atom. The van der Waals surface area contributed by atoms with E-state index in [0.29, 0.717) is 12.3 Å². The molecule has 0 aliphatic heterocycles. The van der Waals surface area contributed by atoms with Gasteiger partial charge in [0.25, 0.3) is 0 Å². The number of aromatic nitrogens is 1. The van der Waals surface area contributed by atoms with E-state index >= 15 is 0 Å². The van der Waals surface area contributed by atoms with Crippen LogP contribution in [-0.4, -0.2) is 16.9 Å². The van der Waals surface area contributed by atoms with Crippen LogP contribution in [0.4, 0.5) is 5.69 Å². The molecule has 3 N–H and O–H groups in total. The summed E-state index contributed by atoms with van der Waals surface area (Å²) in [5, 5.41) is 2.85. The highest BCUT2D eigenvalue weighted by atomic mass is 16.2. The van der Waals surface area contributed by atoms with Crippen molar-refractivity contribution in [1.82, 2.24) is 4.98 Å². The lowest BCUT2D eigenvalue weighted by Gasteiger charge is -2.14. The summed E-state index contributed by atoms with van der Waals surface area (Å²) in [5.74, 6) is 0.264. The fourth-order valence-corrected chi connectivity index (χ4v) is 2.14. The predicted molar refractivity (Wildman–Crippen MR) is 85.7 cm³/mol. The molecule has 0 saturated carbocycles. The molecule has 1 heterocycles. The molecule has 1 unspecified atom stereocenters. The van der Waals surface area contributed by atoms with Gasteiger partial charge in [-0.2, -0.15) is 0 Å². The summed E-state index contributed by atoms with van der Waals surface area (Å²) in [6.45, 7) is 4.10. The number of pyridine rings is 1. The minimum atomic E-state index is -0.468. The number of carbonyl (C=O) groups is 1. The number of amides is 1. The molecule has 0 fully saturated rings. The van der Waals surface area contributed by atoms with Gasteiger partial charge < -0.3 is 11.1 Å². The van der Waals surface area contributed by atoms with Crippen molar-refractivity contribution >= 4 is 11.6 Å². The third-order valence-electron chi connectivity index (χ3n) is 3.23. The fraction of sp³-hybridized carbons (Fsp3) is 0.294. The molecule has 4 nitrogen and oxygen atoms in total. The van der Waals surface area contributed by atoms with Gasteiger partial charge in [0.2, 0.25) is 5.91 Å². The zero-order valence-corrected chi connectivity index (χ0v) is 12.4. The summed E-state index contributed by atoms with van der Waals surface area (Å²) < 4.78 is 0. The molecule has 4 heteroatoms. The second kappa shape index (κ2) is 6.99. The van der Waals surface area contributed by atoms with Crippen LogP contribution >= 0.6 is 0 Å². The Morgan fingerprint density at radius 1 is 1.10 bits per heavy atom. The Balaban J connectivity index is 2.01. The molecule has 0 bridgehead atoms. The maximum Gasteiger partial charge on any atom is 0.241 e. The molecule has 1 aromatic heterocycles. The van der Waals surface area contributed by atoms with Crippen LogP contribution in [0.25, 0.3) is 11.1 Å². The van der Waals surface area contributed by atoms with Gasteiger partial charge in [-0.15, -0.1) is 0 Å². The van der Waals surface area contributed by atoms with Gasteiger partial charge in [0.1, 0.15) is 0 Å². The molecule has 21 heavy (non-hydrogen) atoms. The van der Waals surface area contributed by atoms with Crippen molar-refractivity contribution in [1.29, 1.82) is 0 Å². The molecule has 110 valence electrons. The Bertz CT molecular complexity index is 579. The average Bonchev–Trinajstić information content (AvgIpc) is 2.48. The van der Waals surface area contributed by atoms with Crippen molar-refractivity contribution in [3.8, 4) is 11.1 Å². The Hall–Kier alpha value is -2.20. The van der Waals surface area contributed by atoms with Gasteiger partial charge >= 0.3 is 0 Å². The third-order valence-corrected chi connectivity index (χ3v) is 3.23. The van der Waals surface area contributed by atoms with E-state index in [9.17, 15) is 4.79 Å². The Morgan fingerprint density at radius 3 is 2.24 bits per heavy atom. The molecule has 0 aliphatic rings. The number of nitrogens with zero attached hydrogens (tertiary/aromatic N) is 1. The first-order chi connectivity index (χ1) is 10.1. The number of benzene rings is 1. The normalized spacial score (nSPS) is 12.2. The van der Waals surface area contributed by atoms with E-state index in [4.69, 9.17) is 5.73 Å². The highest BCUT2D eigenvalue weighted by molar-refractivity contribution is 5.94. The average molecular weight is 283 g/mol. The minimum absolute atomic E-state index is 0.139. The van der Waals surface area contributed by atoms with E-state index in [1.54, 1.807) is 12.4 Å². The number of carbonyl (C=O) groups excluding carboxylic acids is 1. The van der Waals surface area contributed by atoms with E-state index in [-0.39, 0.29) is 5.91 Å². The van der Waals surface area contributed by atoms with Crippen molar-refractivity contribution in [3.05, 3.63) is 48.8 Å². The van der Waals surface area contributed by atoms with Gasteiger partial charge in [-0.1, -0.05) is 26.0 Å². The van der Waals surface area contributed by atoms with Crippen molar-refractivity contribution in [2.45, 2.75) is 26.3 Å². The van der Waals surface area contributed by atoms with Crippen LogP contribution in [0.3, 0.4) is 0 Å². The molecular formula is C17H21N3O. The quantitative estimate of drug-likeness (QED) is 0.886. The summed E-state index contributed by atoms with van der Waals surface area (Å²) in [4.78, 5) is 16.0. The Kier molecular flexibility index (Phi) is 5.06. The number of hydrogen-bond acceptors (Lipinski definition) is 3. The maximum atomic E-state index is 12.0. The molecule has 1 amide bonds. The maximum absolute atomic E-state index is 12.0. The van der Waals surface area contributed by atoms with Crippen LogP contribution in [0.5, 0.6) is 0 Å². The molecule has 2 rings (SSSR count). The summed E-state index contributed by atoms with van der Waals surface area (Å²) in [6.07, 6.45) is 4.20. The highest BCUT2D eigenvalue weighted by Crippen LogP contribution is 2.20. The second-order valence-corrected chi connectivity index (χ2v) is 5.54. The lowest BCUT2D eigenvalue weighted by atomic mass is 10.0. The highest BCUT2D eigenvalue weighted by Gasteiger charge is 2.14. The van der Waals surface area contributed by atoms with Gasteiger partial charge in [0.15, 0.2) is 0 Å². The molecule has 0 aliphatic carbocycles.